The lowest BCUT2D eigenvalue weighted by Gasteiger charge is -2.33. The first kappa shape index (κ1) is 20.3. The highest BCUT2D eigenvalue weighted by molar-refractivity contribution is 7.89. The molecule has 0 aliphatic carbocycles. The maximum absolute atomic E-state index is 13.0. The van der Waals surface area contributed by atoms with Gasteiger partial charge in [-0.2, -0.15) is 4.31 Å². The molecule has 3 N–H and O–H groups in total. The number of piperazine rings is 1. The highest BCUT2D eigenvalue weighted by Gasteiger charge is 2.32. The Labute approximate surface area is 168 Å². The van der Waals surface area contributed by atoms with Crippen LogP contribution in [-0.4, -0.2) is 59.7 Å². The molecule has 11 heteroatoms. The number of H-pyrrole nitrogens is 1. The zero-order valence-corrected chi connectivity index (χ0v) is 16.5. The fourth-order valence-electron chi connectivity index (χ4n) is 3.20. The molecule has 0 spiro atoms. The number of halogens is 1. The minimum atomic E-state index is -3.67. The summed E-state index contributed by atoms with van der Waals surface area (Å²) >= 11 is 0. The smallest absolute Gasteiger partial charge is 0.257 e. The first-order valence-electron chi connectivity index (χ1n) is 8.49. The molecule has 0 atom stereocenters. The number of nitrogens with two attached hydrogens (primary N) is 1. The summed E-state index contributed by atoms with van der Waals surface area (Å²) in [5, 5.41) is 0.559. The molecule has 9 nitrogen and oxygen atoms in total. The van der Waals surface area contributed by atoms with E-state index in [0.29, 0.717) is 35.4 Å². The predicted octanol–water partition coefficient (Wildman–Crippen LogP) is 1.18. The van der Waals surface area contributed by atoms with Crippen LogP contribution in [0.1, 0.15) is 16.1 Å². The minimum Gasteiger partial charge on any atom is -0.467 e. The van der Waals surface area contributed by atoms with Gasteiger partial charge < -0.3 is 20.0 Å². The lowest BCUT2D eigenvalue weighted by molar-refractivity contribution is 0.0697. The molecule has 1 amide bonds. The van der Waals surface area contributed by atoms with Crippen molar-refractivity contribution in [1.29, 1.82) is 0 Å². The van der Waals surface area contributed by atoms with Gasteiger partial charge in [-0.25, -0.2) is 13.4 Å². The van der Waals surface area contributed by atoms with E-state index in [1.165, 1.54) is 16.8 Å². The number of aromatic amines is 1. The van der Waals surface area contributed by atoms with Crippen molar-refractivity contribution >= 4 is 39.4 Å². The van der Waals surface area contributed by atoms with Gasteiger partial charge in [0, 0.05) is 44.0 Å². The lowest BCUT2D eigenvalue weighted by Crippen LogP contribution is -2.50. The predicted molar refractivity (Wildman–Crippen MR) is 105 cm³/mol. The quantitative estimate of drug-likeness (QED) is 0.646. The third-order valence-corrected chi connectivity index (χ3v) is 6.60. The molecule has 0 radical (unpaired) electrons. The molecule has 3 aromatic rings. The second-order valence-corrected chi connectivity index (χ2v) is 8.16. The monoisotopic (exact) mass is 425 g/mol. The zero-order valence-electron chi connectivity index (χ0n) is 14.9. The van der Waals surface area contributed by atoms with Gasteiger partial charge in [0.15, 0.2) is 0 Å². The van der Waals surface area contributed by atoms with Crippen molar-refractivity contribution < 1.29 is 17.6 Å². The third kappa shape index (κ3) is 3.51. The summed E-state index contributed by atoms with van der Waals surface area (Å²) in [4.78, 5) is 21.4. The molecule has 1 aliphatic rings. The summed E-state index contributed by atoms with van der Waals surface area (Å²) in [6.07, 6.45) is 4.45. The summed E-state index contributed by atoms with van der Waals surface area (Å²) in [7, 11) is -3.67. The average Bonchev–Trinajstić information content (AvgIpc) is 3.34. The Morgan fingerprint density at radius 2 is 2.04 bits per heavy atom. The number of amides is 1. The van der Waals surface area contributed by atoms with Gasteiger partial charge in [0.25, 0.3) is 5.91 Å². The number of hydrogen-bond donors (Lipinski definition) is 2. The van der Waals surface area contributed by atoms with Crippen molar-refractivity contribution in [3.05, 3.63) is 48.2 Å². The van der Waals surface area contributed by atoms with E-state index >= 15 is 0 Å². The molecular weight excluding hydrogens is 406 g/mol. The Balaban J connectivity index is 0.00000225. The van der Waals surface area contributed by atoms with Crippen LogP contribution in [0.3, 0.4) is 0 Å². The number of sulfonamides is 1. The highest BCUT2D eigenvalue weighted by Crippen LogP contribution is 2.25. The van der Waals surface area contributed by atoms with Gasteiger partial charge in [-0.15, -0.1) is 12.4 Å². The number of nitrogens with one attached hydrogen (secondary N) is 1. The van der Waals surface area contributed by atoms with E-state index in [-0.39, 0.29) is 42.8 Å². The van der Waals surface area contributed by atoms with Gasteiger partial charge in [0.2, 0.25) is 10.0 Å². The van der Waals surface area contributed by atoms with Crippen molar-refractivity contribution in [2.45, 2.75) is 11.4 Å². The normalized spacial score (nSPS) is 15.5. The largest absolute Gasteiger partial charge is 0.467 e. The van der Waals surface area contributed by atoms with E-state index in [4.69, 9.17) is 10.2 Å². The van der Waals surface area contributed by atoms with E-state index < -0.39 is 10.0 Å². The van der Waals surface area contributed by atoms with E-state index in [0.717, 1.165) is 0 Å². The van der Waals surface area contributed by atoms with Crippen molar-refractivity contribution in [2.24, 2.45) is 5.73 Å². The van der Waals surface area contributed by atoms with Gasteiger partial charge in [-0.3, -0.25) is 4.79 Å². The second kappa shape index (κ2) is 7.92. The fraction of sp³-hybridized carbons (Fsp3) is 0.294. The zero-order chi connectivity index (χ0) is 19.0. The summed E-state index contributed by atoms with van der Waals surface area (Å²) in [6.45, 7) is 1.29. The van der Waals surface area contributed by atoms with Gasteiger partial charge in [-0.1, -0.05) is 0 Å². The number of carbonyl (C=O) groups is 1. The summed E-state index contributed by atoms with van der Waals surface area (Å²) < 4.78 is 32.6. The standard InChI is InChI=1S/C17H19N5O4S.ClH/c18-9-13-8-12(11-26-13)17(23)21-4-6-22(7-5-21)27(24,25)15-10-20-16-14(15)2-1-3-19-16;/h1-3,8,10-11H,4-7,9,18H2,(H,19,20);1H. The van der Waals surface area contributed by atoms with Crippen molar-refractivity contribution in [3.8, 4) is 0 Å². The lowest BCUT2D eigenvalue weighted by atomic mass is 10.2. The van der Waals surface area contributed by atoms with Crippen LogP contribution < -0.4 is 5.73 Å². The van der Waals surface area contributed by atoms with Crippen molar-refractivity contribution in [1.82, 2.24) is 19.2 Å². The van der Waals surface area contributed by atoms with Crippen LogP contribution in [0.4, 0.5) is 0 Å². The number of carbonyl (C=O) groups excluding carboxylic acids is 1. The molecule has 0 bridgehead atoms. The molecule has 0 unspecified atom stereocenters. The SMILES string of the molecule is Cl.NCc1cc(C(=O)N2CCN(S(=O)(=O)c3c[nH]c4ncccc34)CC2)co1. The average molecular weight is 426 g/mol. The molecule has 4 rings (SSSR count). The molecule has 1 saturated heterocycles. The molecule has 150 valence electrons. The molecule has 0 aromatic carbocycles. The number of aromatic nitrogens is 2. The number of pyridine rings is 1. The van der Waals surface area contributed by atoms with Crippen LogP contribution in [0.2, 0.25) is 0 Å². The van der Waals surface area contributed by atoms with Crippen LogP contribution in [-0.2, 0) is 16.6 Å². The van der Waals surface area contributed by atoms with Crippen LogP contribution in [0.25, 0.3) is 11.0 Å². The summed E-state index contributed by atoms with van der Waals surface area (Å²) in [5.74, 6) is 0.347. The Morgan fingerprint density at radius 1 is 1.29 bits per heavy atom. The van der Waals surface area contributed by atoms with E-state index in [9.17, 15) is 13.2 Å². The Hall–Kier alpha value is -2.40. The van der Waals surface area contributed by atoms with Crippen LogP contribution in [0.15, 0.2) is 46.2 Å². The van der Waals surface area contributed by atoms with Gasteiger partial charge >= 0.3 is 0 Å². The molecule has 3 aromatic heterocycles. The summed E-state index contributed by atoms with van der Waals surface area (Å²) in [5.41, 5.74) is 6.45. The van der Waals surface area contributed by atoms with E-state index in [2.05, 4.69) is 9.97 Å². The minimum absolute atomic E-state index is 0. The van der Waals surface area contributed by atoms with Crippen LogP contribution in [0.5, 0.6) is 0 Å². The third-order valence-electron chi connectivity index (χ3n) is 4.66. The van der Waals surface area contributed by atoms with E-state index in [1.54, 1.807) is 29.3 Å². The highest BCUT2D eigenvalue weighted by atomic mass is 35.5. The number of rotatable bonds is 4. The van der Waals surface area contributed by atoms with Gasteiger partial charge in [0.1, 0.15) is 22.6 Å². The van der Waals surface area contributed by atoms with Crippen molar-refractivity contribution in [3.63, 3.8) is 0 Å². The fourth-order valence-corrected chi connectivity index (χ4v) is 4.77. The number of furan rings is 1. The molecule has 28 heavy (non-hydrogen) atoms. The first-order valence-corrected chi connectivity index (χ1v) is 9.93. The van der Waals surface area contributed by atoms with Crippen molar-refractivity contribution in [2.75, 3.05) is 26.2 Å². The molecule has 1 fully saturated rings. The van der Waals surface area contributed by atoms with Crippen LogP contribution >= 0.6 is 12.4 Å². The Morgan fingerprint density at radius 3 is 2.71 bits per heavy atom. The van der Waals surface area contributed by atoms with Gasteiger partial charge in [0.05, 0.1) is 12.1 Å². The number of hydrogen-bond acceptors (Lipinski definition) is 6. The first-order chi connectivity index (χ1) is 13.0. The molecule has 4 heterocycles. The molecular formula is C17H20ClN5O4S. The second-order valence-electron chi connectivity index (χ2n) is 6.25. The Kier molecular flexibility index (Phi) is 5.75. The molecule has 1 aliphatic heterocycles. The maximum atomic E-state index is 13.0. The number of fused-ring (bicyclic) bond motifs is 1. The van der Waals surface area contributed by atoms with Gasteiger partial charge in [-0.05, 0) is 18.2 Å². The van der Waals surface area contributed by atoms with E-state index in [1.807, 2.05) is 0 Å². The number of nitrogens with zero attached hydrogens (tertiary/aromatic N) is 3. The topological polar surface area (TPSA) is 126 Å². The van der Waals surface area contributed by atoms with Crippen LogP contribution in [0, 0.1) is 0 Å². The Bertz CT molecular complexity index is 1090. The molecule has 0 saturated carbocycles. The summed E-state index contributed by atoms with van der Waals surface area (Å²) in [6, 6.07) is 5.04. The maximum Gasteiger partial charge on any atom is 0.257 e.